The van der Waals surface area contributed by atoms with Crippen molar-refractivity contribution in [2.24, 2.45) is 40.4 Å². The van der Waals surface area contributed by atoms with E-state index in [1.165, 1.54) is 25.7 Å². The van der Waals surface area contributed by atoms with E-state index in [4.69, 9.17) is 0 Å². The fourth-order valence-electron chi connectivity index (χ4n) is 7.86. The molecule has 136 valence electrons. The standard InChI is InChI=1S/C21H34O3/c1-4-14-17(22)10-16-13-6-5-12-9-18(23)19(24)11-21(12,3)15(13)7-8-20(14,16)2/h12-16,18-19,23-24H,4-11H2,1-3H3/t12-,13+,14+,15+,16-,18-,19-,20-,21+/m1/s1. The number of hydrogen-bond acceptors (Lipinski definition) is 3. The lowest BCUT2D eigenvalue weighted by Crippen LogP contribution is -2.56. The SMILES string of the molecule is CC[C@H]1C(=O)C[C@@H]2[C@H]3CC[C@@H]4C[C@@H](O)[C@H](O)C[C@]4(C)[C@H]3CC[C@@]21C. The summed E-state index contributed by atoms with van der Waals surface area (Å²) in [5.74, 6) is 3.15. The smallest absolute Gasteiger partial charge is 0.136 e. The maximum atomic E-state index is 12.6. The number of ketones is 1. The molecule has 9 atom stereocenters. The van der Waals surface area contributed by atoms with Crippen LogP contribution in [0.25, 0.3) is 0 Å². The van der Waals surface area contributed by atoms with Gasteiger partial charge in [0.05, 0.1) is 12.2 Å². The van der Waals surface area contributed by atoms with Gasteiger partial charge in [0.25, 0.3) is 0 Å². The minimum absolute atomic E-state index is 0.149. The monoisotopic (exact) mass is 334 g/mol. The minimum atomic E-state index is -0.563. The topological polar surface area (TPSA) is 57.5 Å². The van der Waals surface area contributed by atoms with Crippen molar-refractivity contribution in [2.75, 3.05) is 0 Å². The average molecular weight is 335 g/mol. The molecule has 24 heavy (non-hydrogen) atoms. The molecule has 0 saturated heterocycles. The molecule has 0 bridgehead atoms. The first-order valence-electron chi connectivity index (χ1n) is 10.2. The molecule has 0 heterocycles. The van der Waals surface area contributed by atoms with Crippen LogP contribution < -0.4 is 0 Å². The largest absolute Gasteiger partial charge is 0.390 e. The predicted octanol–water partition coefficient (Wildman–Crippen LogP) is 3.57. The van der Waals surface area contributed by atoms with E-state index in [1.54, 1.807) is 0 Å². The van der Waals surface area contributed by atoms with Crippen LogP contribution in [0.2, 0.25) is 0 Å². The number of aliphatic hydroxyl groups is 2. The van der Waals surface area contributed by atoms with E-state index >= 15 is 0 Å². The second-order valence-electron chi connectivity index (χ2n) is 9.91. The fraction of sp³-hybridized carbons (Fsp3) is 0.952. The first kappa shape index (κ1) is 17.0. The molecule has 4 rings (SSSR count). The van der Waals surface area contributed by atoms with Crippen LogP contribution in [0.15, 0.2) is 0 Å². The highest BCUT2D eigenvalue weighted by atomic mass is 16.3. The molecule has 4 aliphatic carbocycles. The summed E-state index contributed by atoms with van der Waals surface area (Å²) in [5.41, 5.74) is 0.360. The molecule has 0 aromatic heterocycles. The zero-order valence-corrected chi connectivity index (χ0v) is 15.5. The van der Waals surface area contributed by atoms with E-state index in [0.29, 0.717) is 29.5 Å². The van der Waals surface area contributed by atoms with E-state index in [0.717, 1.165) is 25.7 Å². The summed E-state index contributed by atoms with van der Waals surface area (Å²) in [4.78, 5) is 12.6. The molecule has 2 N–H and O–H groups in total. The molecule has 4 aliphatic rings. The predicted molar refractivity (Wildman–Crippen MR) is 93.3 cm³/mol. The maximum absolute atomic E-state index is 12.6. The Bertz CT molecular complexity index is 531. The number of fused-ring (bicyclic) bond motifs is 5. The highest BCUT2D eigenvalue weighted by Gasteiger charge is 2.62. The Hall–Kier alpha value is -0.410. The normalized spacial score (nSPS) is 57.2. The number of rotatable bonds is 1. The maximum Gasteiger partial charge on any atom is 0.136 e. The summed E-state index contributed by atoms with van der Waals surface area (Å²) in [6.45, 7) is 6.94. The molecule has 0 spiro atoms. The Morgan fingerprint density at radius 3 is 2.50 bits per heavy atom. The summed E-state index contributed by atoms with van der Waals surface area (Å²) in [5, 5.41) is 20.5. The van der Waals surface area contributed by atoms with Gasteiger partial charge in [-0.05, 0) is 79.4 Å². The van der Waals surface area contributed by atoms with E-state index in [1.807, 2.05) is 0 Å². The van der Waals surface area contributed by atoms with Crippen molar-refractivity contribution in [3.05, 3.63) is 0 Å². The third-order valence-corrected chi connectivity index (χ3v) is 9.14. The van der Waals surface area contributed by atoms with Crippen molar-refractivity contribution in [1.82, 2.24) is 0 Å². The first-order valence-corrected chi connectivity index (χ1v) is 10.2. The van der Waals surface area contributed by atoms with Crippen LogP contribution in [0.3, 0.4) is 0 Å². The van der Waals surface area contributed by atoms with Gasteiger partial charge in [0, 0.05) is 12.3 Å². The molecule has 0 aliphatic heterocycles. The number of Topliss-reactive ketones (excluding diaryl/α,β-unsaturated/α-hetero) is 1. The van der Waals surface area contributed by atoms with Crippen LogP contribution >= 0.6 is 0 Å². The van der Waals surface area contributed by atoms with Crippen LogP contribution in [0, 0.1) is 40.4 Å². The summed E-state index contributed by atoms with van der Waals surface area (Å²) in [7, 11) is 0. The van der Waals surface area contributed by atoms with Gasteiger partial charge in [-0.1, -0.05) is 20.8 Å². The average Bonchev–Trinajstić information content (AvgIpc) is 2.78. The van der Waals surface area contributed by atoms with Crippen molar-refractivity contribution in [3.63, 3.8) is 0 Å². The van der Waals surface area contributed by atoms with Crippen LogP contribution in [0.4, 0.5) is 0 Å². The molecule has 0 aromatic carbocycles. The van der Waals surface area contributed by atoms with Gasteiger partial charge in [-0.3, -0.25) is 4.79 Å². The van der Waals surface area contributed by atoms with Crippen LogP contribution in [0.1, 0.15) is 72.1 Å². The molecule has 0 amide bonds. The third-order valence-electron chi connectivity index (χ3n) is 9.14. The fourth-order valence-corrected chi connectivity index (χ4v) is 7.86. The number of hydrogen-bond donors (Lipinski definition) is 2. The third kappa shape index (κ3) is 2.13. The van der Waals surface area contributed by atoms with Gasteiger partial charge >= 0.3 is 0 Å². The summed E-state index contributed by atoms with van der Waals surface area (Å²) in [6.07, 6.45) is 6.96. The molecule has 3 nitrogen and oxygen atoms in total. The van der Waals surface area contributed by atoms with Gasteiger partial charge in [0.2, 0.25) is 0 Å². The summed E-state index contributed by atoms with van der Waals surface area (Å²) < 4.78 is 0. The highest BCUT2D eigenvalue weighted by Crippen LogP contribution is 2.67. The Labute approximate surface area is 146 Å². The van der Waals surface area contributed by atoms with Gasteiger partial charge in [-0.25, -0.2) is 0 Å². The van der Waals surface area contributed by atoms with E-state index < -0.39 is 12.2 Å². The van der Waals surface area contributed by atoms with Crippen molar-refractivity contribution < 1.29 is 15.0 Å². The second-order valence-corrected chi connectivity index (χ2v) is 9.91. The van der Waals surface area contributed by atoms with Crippen molar-refractivity contribution >= 4 is 5.78 Å². The zero-order valence-electron chi connectivity index (χ0n) is 15.5. The number of aliphatic hydroxyl groups excluding tert-OH is 2. The number of carbonyl (C=O) groups excluding carboxylic acids is 1. The summed E-state index contributed by atoms with van der Waals surface area (Å²) in [6, 6.07) is 0. The van der Waals surface area contributed by atoms with E-state index in [2.05, 4.69) is 20.8 Å². The van der Waals surface area contributed by atoms with Gasteiger partial charge in [-0.15, -0.1) is 0 Å². The summed E-state index contributed by atoms with van der Waals surface area (Å²) >= 11 is 0. The molecule has 0 unspecified atom stereocenters. The lowest BCUT2D eigenvalue weighted by atomic mass is 9.44. The van der Waals surface area contributed by atoms with Crippen LogP contribution in [0.5, 0.6) is 0 Å². The van der Waals surface area contributed by atoms with Gasteiger partial charge < -0.3 is 10.2 Å². The van der Waals surface area contributed by atoms with Crippen molar-refractivity contribution in [2.45, 2.75) is 84.3 Å². The van der Waals surface area contributed by atoms with Crippen molar-refractivity contribution in [1.29, 1.82) is 0 Å². The zero-order chi connectivity index (χ0) is 17.3. The minimum Gasteiger partial charge on any atom is -0.390 e. The second kappa shape index (κ2) is 5.54. The molecule has 4 fully saturated rings. The Morgan fingerprint density at radius 2 is 1.79 bits per heavy atom. The molecule has 3 heteroatoms. The molecule has 0 radical (unpaired) electrons. The lowest BCUT2D eigenvalue weighted by Gasteiger charge is -2.61. The first-order chi connectivity index (χ1) is 11.3. The van der Waals surface area contributed by atoms with Gasteiger partial charge in [0.1, 0.15) is 5.78 Å². The Morgan fingerprint density at radius 1 is 1.04 bits per heavy atom. The van der Waals surface area contributed by atoms with E-state index in [9.17, 15) is 15.0 Å². The Kier molecular flexibility index (Phi) is 3.93. The molecular formula is C21H34O3. The quantitative estimate of drug-likeness (QED) is 0.771. The van der Waals surface area contributed by atoms with Crippen LogP contribution in [-0.4, -0.2) is 28.2 Å². The highest BCUT2D eigenvalue weighted by molar-refractivity contribution is 5.84. The van der Waals surface area contributed by atoms with E-state index in [-0.39, 0.29) is 16.7 Å². The van der Waals surface area contributed by atoms with Crippen molar-refractivity contribution in [3.8, 4) is 0 Å². The number of carbonyl (C=O) groups is 1. The molecular weight excluding hydrogens is 300 g/mol. The lowest BCUT2D eigenvalue weighted by molar-refractivity contribution is -0.159. The molecule has 4 saturated carbocycles. The van der Waals surface area contributed by atoms with Gasteiger partial charge in [-0.2, -0.15) is 0 Å². The molecule has 0 aromatic rings. The Balaban J connectivity index is 1.64. The van der Waals surface area contributed by atoms with Gasteiger partial charge in [0.15, 0.2) is 0 Å². The van der Waals surface area contributed by atoms with Crippen LogP contribution in [-0.2, 0) is 4.79 Å².